The zero-order valence-electron chi connectivity index (χ0n) is 17.2. The summed E-state index contributed by atoms with van der Waals surface area (Å²) in [6, 6.07) is 7.78. The number of aliphatic imine (C=N–C) groups is 1. The average Bonchev–Trinajstić information content (AvgIpc) is 2.60. The Morgan fingerprint density at radius 3 is 2.63 bits per heavy atom. The molecule has 0 spiro atoms. The van der Waals surface area contributed by atoms with Gasteiger partial charge in [-0.2, -0.15) is 0 Å². The second kappa shape index (κ2) is 14.7. The maximum Gasteiger partial charge on any atom is 0.253 e. The van der Waals surface area contributed by atoms with Gasteiger partial charge in [0.2, 0.25) is 0 Å². The first kappa shape index (κ1) is 25.6. The molecule has 0 heterocycles. The minimum absolute atomic E-state index is 0. The Kier molecular flexibility index (Phi) is 13.9. The van der Waals surface area contributed by atoms with Crippen LogP contribution < -0.4 is 10.6 Å². The predicted octanol–water partition coefficient (Wildman–Crippen LogP) is 2.92. The number of nitrogens with one attached hydrogen (secondary N) is 2. The summed E-state index contributed by atoms with van der Waals surface area (Å²) in [4.78, 5) is 18.2. The number of halogens is 1. The number of ether oxygens (including phenoxy) is 1. The van der Waals surface area contributed by atoms with E-state index in [9.17, 15) is 4.79 Å². The Hall–Kier alpha value is -1.35. The predicted molar refractivity (Wildman–Crippen MR) is 123 cm³/mol. The van der Waals surface area contributed by atoms with Crippen molar-refractivity contribution in [2.45, 2.75) is 39.7 Å². The van der Waals surface area contributed by atoms with Gasteiger partial charge in [0.25, 0.3) is 5.91 Å². The van der Waals surface area contributed by atoms with Gasteiger partial charge in [0, 0.05) is 45.9 Å². The van der Waals surface area contributed by atoms with E-state index < -0.39 is 0 Å². The number of hydrogen-bond acceptors (Lipinski definition) is 3. The lowest BCUT2D eigenvalue weighted by molar-refractivity contribution is 0.0782. The Bertz CT molecular complexity index is 577. The van der Waals surface area contributed by atoms with Crippen LogP contribution in [0.1, 0.15) is 43.1 Å². The number of guanidine groups is 1. The Morgan fingerprint density at radius 1 is 1.26 bits per heavy atom. The molecule has 7 heteroatoms. The lowest BCUT2D eigenvalue weighted by Crippen LogP contribution is -2.38. The Labute approximate surface area is 181 Å². The number of nitrogens with zero attached hydrogens (tertiary/aromatic N) is 2. The third-order valence-corrected chi connectivity index (χ3v) is 3.65. The number of rotatable bonds is 10. The molecule has 0 fully saturated rings. The monoisotopic (exact) mass is 490 g/mol. The fourth-order valence-corrected chi connectivity index (χ4v) is 2.36. The molecule has 0 atom stereocenters. The zero-order chi connectivity index (χ0) is 19.4. The third kappa shape index (κ3) is 11.2. The molecule has 27 heavy (non-hydrogen) atoms. The first-order chi connectivity index (χ1) is 12.4. The first-order valence-corrected chi connectivity index (χ1v) is 9.38. The second-order valence-corrected chi connectivity index (χ2v) is 6.61. The normalized spacial score (nSPS) is 11.1. The minimum atomic E-state index is 0. The van der Waals surface area contributed by atoms with Crippen molar-refractivity contribution in [1.82, 2.24) is 15.5 Å². The van der Waals surface area contributed by atoms with Gasteiger partial charge in [-0.1, -0.05) is 12.1 Å². The molecular formula is C20H35IN4O2. The van der Waals surface area contributed by atoms with Gasteiger partial charge in [-0.25, -0.2) is 0 Å². The van der Waals surface area contributed by atoms with Crippen molar-refractivity contribution in [2.24, 2.45) is 4.99 Å². The highest BCUT2D eigenvalue weighted by molar-refractivity contribution is 14.0. The number of amides is 1. The van der Waals surface area contributed by atoms with E-state index in [4.69, 9.17) is 4.74 Å². The van der Waals surface area contributed by atoms with Crippen LogP contribution in [-0.4, -0.2) is 63.2 Å². The van der Waals surface area contributed by atoms with Crippen molar-refractivity contribution in [3.8, 4) is 0 Å². The summed E-state index contributed by atoms with van der Waals surface area (Å²) in [5.41, 5.74) is 1.85. The average molecular weight is 490 g/mol. The molecule has 0 radical (unpaired) electrons. The number of benzene rings is 1. The molecule has 0 bridgehead atoms. The van der Waals surface area contributed by atoms with E-state index in [0.717, 1.165) is 56.2 Å². The molecule has 0 saturated carbocycles. The molecule has 1 aromatic rings. The van der Waals surface area contributed by atoms with Crippen LogP contribution in [0.2, 0.25) is 0 Å². The maximum absolute atomic E-state index is 12.0. The molecule has 1 aromatic carbocycles. The highest BCUT2D eigenvalue weighted by Gasteiger charge is 2.08. The van der Waals surface area contributed by atoms with Gasteiger partial charge in [-0.05, 0) is 51.3 Å². The van der Waals surface area contributed by atoms with Gasteiger partial charge in [-0.3, -0.25) is 9.79 Å². The Balaban J connectivity index is 0.00000676. The highest BCUT2D eigenvalue weighted by Crippen LogP contribution is 2.07. The summed E-state index contributed by atoms with van der Waals surface area (Å²) in [6.07, 6.45) is 2.00. The molecular weight excluding hydrogens is 455 g/mol. The van der Waals surface area contributed by atoms with Crippen LogP contribution in [0.3, 0.4) is 0 Å². The van der Waals surface area contributed by atoms with Crippen LogP contribution in [-0.2, 0) is 11.2 Å². The molecule has 0 aliphatic carbocycles. The van der Waals surface area contributed by atoms with Crippen LogP contribution >= 0.6 is 24.0 Å². The van der Waals surface area contributed by atoms with Crippen molar-refractivity contribution in [3.05, 3.63) is 35.4 Å². The molecule has 0 aliphatic rings. The van der Waals surface area contributed by atoms with Crippen molar-refractivity contribution in [1.29, 1.82) is 0 Å². The summed E-state index contributed by atoms with van der Waals surface area (Å²) in [5.74, 6) is 0.843. The van der Waals surface area contributed by atoms with Crippen LogP contribution in [0.5, 0.6) is 0 Å². The molecule has 2 N–H and O–H groups in total. The van der Waals surface area contributed by atoms with Gasteiger partial charge in [0.05, 0.1) is 6.10 Å². The number of carbonyl (C=O) groups is 1. The molecule has 0 aromatic heterocycles. The molecule has 6 nitrogen and oxygen atoms in total. The topological polar surface area (TPSA) is 66.0 Å². The van der Waals surface area contributed by atoms with E-state index in [-0.39, 0.29) is 36.0 Å². The number of carbonyl (C=O) groups excluding carboxylic acids is 1. The lowest BCUT2D eigenvalue weighted by Gasteiger charge is -2.13. The van der Waals surface area contributed by atoms with Gasteiger partial charge < -0.3 is 20.3 Å². The van der Waals surface area contributed by atoms with Crippen molar-refractivity contribution in [3.63, 3.8) is 0 Å². The fourth-order valence-electron chi connectivity index (χ4n) is 2.36. The summed E-state index contributed by atoms with van der Waals surface area (Å²) in [7, 11) is 3.53. The smallest absolute Gasteiger partial charge is 0.253 e. The summed E-state index contributed by atoms with van der Waals surface area (Å²) in [5, 5.41) is 6.59. The largest absolute Gasteiger partial charge is 0.379 e. The molecule has 0 unspecified atom stereocenters. The number of hydrogen-bond donors (Lipinski definition) is 2. The van der Waals surface area contributed by atoms with Crippen molar-refractivity contribution >= 4 is 35.8 Å². The zero-order valence-corrected chi connectivity index (χ0v) is 19.6. The van der Waals surface area contributed by atoms with Gasteiger partial charge in [0.15, 0.2) is 5.96 Å². The van der Waals surface area contributed by atoms with E-state index in [2.05, 4.69) is 22.5 Å². The second-order valence-electron chi connectivity index (χ2n) is 6.61. The standard InChI is InChI=1S/C20H34N4O2.HI/c1-6-21-20(22-12-8-14-26-16(2)3)23-13-11-17-9-7-10-18(15-17)19(25)24(4)5;/h7,9-10,15-16H,6,8,11-14H2,1-5H3,(H2,21,22,23);1H. The van der Waals surface area contributed by atoms with Crippen LogP contribution in [0, 0.1) is 0 Å². The highest BCUT2D eigenvalue weighted by atomic mass is 127. The minimum Gasteiger partial charge on any atom is -0.379 e. The molecule has 1 rings (SSSR count). The quantitative estimate of drug-likeness (QED) is 0.229. The van der Waals surface area contributed by atoms with E-state index >= 15 is 0 Å². The van der Waals surface area contributed by atoms with Crippen LogP contribution in [0.15, 0.2) is 29.3 Å². The summed E-state index contributed by atoms with van der Waals surface area (Å²) < 4.78 is 5.53. The Morgan fingerprint density at radius 2 is 2.00 bits per heavy atom. The molecule has 154 valence electrons. The van der Waals surface area contributed by atoms with E-state index in [1.165, 1.54) is 0 Å². The van der Waals surface area contributed by atoms with Crippen LogP contribution in [0.25, 0.3) is 0 Å². The third-order valence-electron chi connectivity index (χ3n) is 3.65. The maximum atomic E-state index is 12.0. The van der Waals surface area contributed by atoms with Gasteiger partial charge >= 0.3 is 0 Å². The van der Waals surface area contributed by atoms with Crippen molar-refractivity contribution < 1.29 is 9.53 Å². The molecule has 0 saturated heterocycles. The molecule has 0 aliphatic heterocycles. The van der Waals surface area contributed by atoms with Crippen LogP contribution in [0.4, 0.5) is 0 Å². The summed E-state index contributed by atoms with van der Waals surface area (Å²) in [6.45, 7) is 9.17. The van der Waals surface area contributed by atoms with E-state index in [1.807, 2.05) is 38.1 Å². The van der Waals surface area contributed by atoms with E-state index in [1.54, 1.807) is 19.0 Å². The SMILES string of the molecule is CCNC(=NCCCOC(C)C)NCCc1cccc(C(=O)N(C)C)c1.I. The molecule has 1 amide bonds. The summed E-state index contributed by atoms with van der Waals surface area (Å²) >= 11 is 0. The first-order valence-electron chi connectivity index (χ1n) is 9.38. The van der Waals surface area contributed by atoms with Gasteiger partial charge in [-0.15, -0.1) is 24.0 Å². The van der Waals surface area contributed by atoms with E-state index in [0.29, 0.717) is 0 Å². The van der Waals surface area contributed by atoms with Crippen molar-refractivity contribution in [2.75, 3.05) is 40.3 Å². The lowest BCUT2D eigenvalue weighted by atomic mass is 10.1. The fraction of sp³-hybridized carbons (Fsp3) is 0.600. The van der Waals surface area contributed by atoms with Gasteiger partial charge in [0.1, 0.15) is 0 Å².